The van der Waals surface area contributed by atoms with Crippen LogP contribution in [0.4, 0.5) is 0 Å². The van der Waals surface area contributed by atoms with Gasteiger partial charge in [-0.2, -0.15) is 0 Å². The van der Waals surface area contributed by atoms with Crippen LogP contribution in [-0.4, -0.2) is 52.4 Å². The Hall–Kier alpha value is -2.91. The number of nitrogens with one attached hydrogen (secondary N) is 1. The summed E-state index contributed by atoms with van der Waals surface area (Å²) >= 11 is 0. The van der Waals surface area contributed by atoms with Gasteiger partial charge in [0, 0.05) is 14.1 Å². The Balaban J connectivity index is 1.67. The molecule has 0 bridgehead atoms. The van der Waals surface area contributed by atoms with E-state index in [-0.39, 0.29) is 22.3 Å². The third-order valence-corrected chi connectivity index (χ3v) is 6.90. The highest BCUT2D eigenvalue weighted by Crippen LogP contribution is 2.40. The SMILES string of the molecule is COc1ccc(C(=O)OCC(=O)NC(c2ccccc2)C2CC2)cc1S(=O)(=O)N(C)C. The summed E-state index contributed by atoms with van der Waals surface area (Å²) in [4.78, 5) is 24.7. The van der Waals surface area contributed by atoms with Gasteiger partial charge in [-0.25, -0.2) is 17.5 Å². The molecule has 9 heteroatoms. The lowest BCUT2D eigenvalue weighted by molar-refractivity contribution is -0.125. The number of rotatable bonds is 9. The van der Waals surface area contributed by atoms with Crippen molar-refractivity contribution in [1.82, 2.24) is 9.62 Å². The van der Waals surface area contributed by atoms with Crippen molar-refractivity contribution in [2.24, 2.45) is 5.92 Å². The molecule has 0 saturated heterocycles. The second kappa shape index (κ2) is 9.49. The van der Waals surface area contributed by atoms with E-state index in [1.54, 1.807) is 0 Å². The highest BCUT2D eigenvalue weighted by atomic mass is 32.2. The molecule has 1 aliphatic rings. The summed E-state index contributed by atoms with van der Waals surface area (Å²) in [6.45, 7) is -0.462. The van der Waals surface area contributed by atoms with E-state index in [9.17, 15) is 18.0 Å². The smallest absolute Gasteiger partial charge is 0.338 e. The first-order valence-corrected chi connectivity index (χ1v) is 11.3. The van der Waals surface area contributed by atoms with E-state index in [0.29, 0.717) is 5.92 Å². The van der Waals surface area contributed by atoms with Gasteiger partial charge in [-0.05, 0) is 42.5 Å². The molecule has 31 heavy (non-hydrogen) atoms. The summed E-state index contributed by atoms with van der Waals surface area (Å²) in [6.07, 6.45) is 2.07. The van der Waals surface area contributed by atoms with Gasteiger partial charge < -0.3 is 14.8 Å². The van der Waals surface area contributed by atoms with Crippen LogP contribution in [0.5, 0.6) is 5.75 Å². The number of hydrogen-bond donors (Lipinski definition) is 1. The van der Waals surface area contributed by atoms with Crippen LogP contribution < -0.4 is 10.1 Å². The molecule has 1 N–H and O–H groups in total. The van der Waals surface area contributed by atoms with Crippen LogP contribution in [0.3, 0.4) is 0 Å². The lowest BCUT2D eigenvalue weighted by atomic mass is 10.0. The van der Waals surface area contributed by atoms with Crippen LogP contribution in [0.1, 0.15) is 34.8 Å². The number of nitrogens with zero attached hydrogens (tertiary/aromatic N) is 1. The molecule has 0 aromatic heterocycles. The molecule has 1 amide bonds. The summed E-state index contributed by atoms with van der Waals surface area (Å²) in [5.41, 5.74) is 1.02. The molecule has 0 spiro atoms. The summed E-state index contributed by atoms with van der Waals surface area (Å²) < 4.78 is 36.3. The van der Waals surface area contributed by atoms with Crippen molar-refractivity contribution in [3.05, 3.63) is 59.7 Å². The molecular weight excluding hydrogens is 420 g/mol. The molecule has 2 aromatic rings. The predicted octanol–water partition coefficient (Wildman–Crippen LogP) is 2.37. The number of amides is 1. The van der Waals surface area contributed by atoms with E-state index in [2.05, 4.69) is 5.32 Å². The zero-order valence-electron chi connectivity index (χ0n) is 17.7. The summed E-state index contributed by atoms with van der Waals surface area (Å²) in [5.74, 6) is -0.722. The van der Waals surface area contributed by atoms with Crippen LogP contribution in [0, 0.1) is 5.92 Å². The van der Waals surface area contributed by atoms with Gasteiger partial charge in [0.2, 0.25) is 10.0 Å². The fourth-order valence-corrected chi connectivity index (χ4v) is 4.27. The van der Waals surface area contributed by atoms with Crippen molar-refractivity contribution >= 4 is 21.9 Å². The molecule has 0 aliphatic heterocycles. The molecule has 8 nitrogen and oxygen atoms in total. The molecule has 1 aliphatic carbocycles. The lowest BCUT2D eigenvalue weighted by Crippen LogP contribution is -2.33. The highest BCUT2D eigenvalue weighted by molar-refractivity contribution is 7.89. The standard InChI is InChI=1S/C22H26N2O6S/c1-24(2)31(27,28)19-13-17(11-12-18(19)29-3)22(26)30-14-20(25)23-21(16-9-10-16)15-7-5-4-6-8-15/h4-8,11-13,16,21H,9-10,14H2,1-3H3,(H,23,25). The third-order valence-electron chi connectivity index (χ3n) is 5.06. The van der Waals surface area contributed by atoms with Crippen molar-refractivity contribution in [2.45, 2.75) is 23.8 Å². The number of methoxy groups -OCH3 is 1. The van der Waals surface area contributed by atoms with Crippen molar-refractivity contribution in [1.29, 1.82) is 0 Å². The van der Waals surface area contributed by atoms with Gasteiger partial charge in [0.15, 0.2) is 6.61 Å². The maximum absolute atomic E-state index is 12.5. The average molecular weight is 447 g/mol. The molecule has 3 rings (SSSR count). The van der Waals surface area contributed by atoms with Crippen molar-refractivity contribution in [3.8, 4) is 5.75 Å². The zero-order valence-corrected chi connectivity index (χ0v) is 18.5. The molecule has 2 aromatic carbocycles. The second-order valence-corrected chi connectivity index (χ2v) is 9.64. The van der Waals surface area contributed by atoms with Gasteiger partial charge in [0.05, 0.1) is 18.7 Å². The van der Waals surface area contributed by atoms with Crippen LogP contribution in [0.15, 0.2) is 53.4 Å². The Morgan fingerprint density at radius 3 is 2.39 bits per heavy atom. The van der Waals surface area contributed by atoms with E-state index in [4.69, 9.17) is 9.47 Å². The molecule has 166 valence electrons. The summed E-state index contributed by atoms with van der Waals surface area (Å²) in [7, 11) is 0.272. The largest absolute Gasteiger partial charge is 0.495 e. The number of ether oxygens (including phenoxy) is 2. The maximum atomic E-state index is 12.5. The van der Waals surface area contributed by atoms with E-state index < -0.39 is 28.5 Å². The Kier molecular flexibility index (Phi) is 6.97. The molecule has 1 saturated carbocycles. The van der Waals surface area contributed by atoms with E-state index >= 15 is 0 Å². The van der Waals surface area contributed by atoms with Gasteiger partial charge in [0.1, 0.15) is 10.6 Å². The minimum absolute atomic E-state index is 0.0100. The first-order chi connectivity index (χ1) is 14.7. The molecule has 1 unspecified atom stereocenters. The van der Waals surface area contributed by atoms with Crippen LogP contribution in [0.25, 0.3) is 0 Å². The molecular formula is C22H26N2O6S. The maximum Gasteiger partial charge on any atom is 0.338 e. The minimum atomic E-state index is -3.83. The number of carbonyl (C=O) groups is 2. The molecule has 0 radical (unpaired) electrons. The first kappa shape index (κ1) is 22.8. The second-order valence-electron chi connectivity index (χ2n) is 7.52. The topological polar surface area (TPSA) is 102 Å². The molecule has 0 heterocycles. The minimum Gasteiger partial charge on any atom is -0.495 e. The monoisotopic (exact) mass is 446 g/mol. The Morgan fingerprint density at radius 1 is 1.13 bits per heavy atom. The van der Waals surface area contributed by atoms with Gasteiger partial charge in [-0.15, -0.1) is 0 Å². The Bertz CT molecular complexity index is 1050. The quantitative estimate of drug-likeness (QED) is 0.594. The van der Waals surface area contributed by atoms with Crippen molar-refractivity contribution in [2.75, 3.05) is 27.8 Å². The first-order valence-electron chi connectivity index (χ1n) is 9.86. The predicted molar refractivity (Wildman–Crippen MR) is 114 cm³/mol. The number of esters is 1. The molecule has 1 atom stereocenters. The highest BCUT2D eigenvalue weighted by Gasteiger charge is 2.33. The third kappa shape index (κ3) is 5.42. The van der Waals surface area contributed by atoms with Gasteiger partial charge in [-0.3, -0.25) is 4.79 Å². The summed E-state index contributed by atoms with van der Waals surface area (Å²) in [6, 6.07) is 13.5. The van der Waals surface area contributed by atoms with Crippen LogP contribution in [-0.2, 0) is 19.6 Å². The number of benzene rings is 2. The average Bonchev–Trinajstić information content (AvgIpc) is 3.61. The number of hydrogen-bond acceptors (Lipinski definition) is 6. The number of carbonyl (C=O) groups excluding carboxylic acids is 2. The summed E-state index contributed by atoms with van der Waals surface area (Å²) in [5, 5.41) is 2.93. The Labute approximate surface area is 182 Å². The van der Waals surface area contributed by atoms with E-state index in [0.717, 1.165) is 22.7 Å². The Morgan fingerprint density at radius 2 is 1.81 bits per heavy atom. The van der Waals surface area contributed by atoms with Crippen LogP contribution >= 0.6 is 0 Å². The van der Waals surface area contributed by atoms with E-state index in [1.807, 2.05) is 30.3 Å². The normalized spacial score (nSPS) is 14.7. The van der Waals surface area contributed by atoms with Crippen LogP contribution in [0.2, 0.25) is 0 Å². The molecule has 1 fully saturated rings. The van der Waals surface area contributed by atoms with Gasteiger partial charge in [0.25, 0.3) is 5.91 Å². The lowest BCUT2D eigenvalue weighted by Gasteiger charge is -2.19. The fourth-order valence-electron chi connectivity index (χ4n) is 3.19. The van der Waals surface area contributed by atoms with Gasteiger partial charge >= 0.3 is 5.97 Å². The fraction of sp³-hybridized carbons (Fsp3) is 0.364. The number of sulfonamides is 1. The zero-order chi connectivity index (χ0) is 22.6. The van der Waals surface area contributed by atoms with Gasteiger partial charge in [-0.1, -0.05) is 30.3 Å². The van der Waals surface area contributed by atoms with Crippen molar-refractivity contribution in [3.63, 3.8) is 0 Å². The van der Waals surface area contributed by atoms with E-state index in [1.165, 1.54) is 39.4 Å². The van der Waals surface area contributed by atoms with Crippen molar-refractivity contribution < 1.29 is 27.5 Å².